The van der Waals surface area contributed by atoms with Crippen LogP contribution in [0.4, 0.5) is 5.69 Å². The molecule has 0 spiro atoms. The van der Waals surface area contributed by atoms with E-state index in [4.69, 9.17) is 21.3 Å². The highest BCUT2D eigenvalue weighted by Crippen LogP contribution is 2.33. The smallest absolute Gasteiger partial charge is 0.232 e. The lowest BCUT2D eigenvalue weighted by Crippen LogP contribution is -2.20. The van der Waals surface area contributed by atoms with E-state index in [1.165, 1.54) is 0 Å². The van der Waals surface area contributed by atoms with Crippen LogP contribution in [0.2, 0.25) is 5.02 Å². The number of ether oxygens (including phenoxy) is 1. The van der Waals surface area contributed by atoms with E-state index in [1.807, 2.05) is 41.0 Å². The number of hydrogen-bond acceptors (Lipinski definition) is 3. The van der Waals surface area contributed by atoms with Gasteiger partial charge >= 0.3 is 0 Å². The average molecular weight is 476 g/mol. The Bertz CT molecular complexity index is 1310. The Morgan fingerprint density at radius 1 is 1.00 bits per heavy atom. The highest BCUT2D eigenvalue weighted by atomic mass is 35.5. The number of nitrogens with one attached hydrogen (secondary N) is 1. The number of carbonyl (C=O) groups is 1. The number of carbonyl (C=O) groups excluding carboxylic acids is 1. The molecule has 0 unspecified atom stereocenters. The van der Waals surface area contributed by atoms with E-state index in [1.54, 1.807) is 13.2 Å². The van der Waals surface area contributed by atoms with E-state index in [-0.39, 0.29) is 24.2 Å². The number of amides is 1. The van der Waals surface area contributed by atoms with Gasteiger partial charge in [0.25, 0.3) is 0 Å². The van der Waals surface area contributed by atoms with Crippen molar-refractivity contribution in [2.75, 3.05) is 12.4 Å². The highest BCUT2D eigenvalue weighted by molar-refractivity contribution is 6.31. The van der Waals surface area contributed by atoms with E-state index in [0.29, 0.717) is 16.6 Å². The van der Waals surface area contributed by atoms with Crippen molar-refractivity contribution < 1.29 is 9.53 Å². The first-order valence-electron chi connectivity index (χ1n) is 11.5. The third-order valence-electron chi connectivity index (χ3n) is 5.97. The predicted octanol–water partition coefficient (Wildman–Crippen LogP) is 7.12. The minimum Gasteiger partial charge on any atom is -0.495 e. The van der Waals surface area contributed by atoms with E-state index < -0.39 is 0 Å². The third-order valence-corrected chi connectivity index (χ3v) is 6.20. The summed E-state index contributed by atoms with van der Waals surface area (Å²) in [7, 11) is 1.63. The second-order valence-electron chi connectivity index (χ2n) is 9.01. The number of rotatable bonds is 7. The molecule has 0 radical (unpaired) electrons. The van der Waals surface area contributed by atoms with Gasteiger partial charge in [-0.1, -0.05) is 69.6 Å². The molecule has 0 saturated heterocycles. The molecule has 3 aromatic carbocycles. The van der Waals surface area contributed by atoms with Gasteiger partial charge in [0.1, 0.15) is 11.6 Å². The Balaban J connectivity index is 1.78. The molecule has 176 valence electrons. The quantitative estimate of drug-likeness (QED) is 0.309. The van der Waals surface area contributed by atoms with Gasteiger partial charge in [0.15, 0.2) is 0 Å². The first kappa shape index (κ1) is 23.8. The van der Waals surface area contributed by atoms with Crippen molar-refractivity contribution in [2.24, 2.45) is 0 Å². The molecule has 0 aliphatic heterocycles. The number of imidazole rings is 1. The number of nitrogens with zero attached hydrogens (tertiary/aromatic N) is 2. The van der Waals surface area contributed by atoms with Crippen molar-refractivity contribution >= 4 is 34.2 Å². The van der Waals surface area contributed by atoms with Crippen LogP contribution in [0, 0.1) is 0 Å². The van der Waals surface area contributed by atoms with Gasteiger partial charge in [-0.05, 0) is 53.3 Å². The molecule has 0 aliphatic carbocycles. The zero-order valence-electron chi connectivity index (χ0n) is 20.2. The van der Waals surface area contributed by atoms with E-state index >= 15 is 0 Å². The molecule has 6 heteroatoms. The second-order valence-corrected chi connectivity index (χ2v) is 9.45. The molecule has 0 saturated carbocycles. The van der Waals surface area contributed by atoms with Crippen LogP contribution in [-0.4, -0.2) is 22.6 Å². The fourth-order valence-electron chi connectivity index (χ4n) is 4.32. The van der Waals surface area contributed by atoms with Crippen molar-refractivity contribution in [1.82, 2.24) is 9.55 Å². The van der Waals surface area contributed by atoms with Crippen molar-refractivity contribution in [1.29, 1.82) is 0 Å². The van der Waals surface area contributed by atoms with Gasteiger partial charge in [0, 0.05) is 10.7 Å². The zero-order valence-corrected chi connectivity index (χ0v) is 21.0. The summed E-state index contributed by atoms with van der Waals surface area (Å²) in [6, 6.07) is 19.5. The van der Waals surface area contributed by atoms with Gasteiger partial charge in [0.2, 0.25) is 5.91 Å². The van der Waals surface area contributed by atoms with E-state index in [0.717, 1.165) is 33.5 Å². The van der Waals surface area contributed by atoms with Gasteiger partial charge < -0.3 is 10.1 Å². The molecule has 0 fully saturated rings. The van der Waals surface area contributed by atoms with Gasteiger partial charge in [-0.3, -0.25) is 9.36 Å². The Morgan fingerprint density at radius 3 is 2.32 bits per heavy atom. The number of methoxy groups -OCH3 is 1. The molecule has 0 atom stereocenters. The first-order valence-corrected chi connectivity index (χ1v) is 11.9. The van der Waals surface area contributed by atoms with Crippen LogP contribution in [0.15, 0.2) is 60.7 Å². The highest BCUT2D eigenvalue weighted by Gasteiger charge is 2.21. The number of para-hydroxylation sites is 3. The molecule has 4 aromatic rings. The summed E-state index contributed by atoms with van der Waals surface area (Å²) in [5, 5.41) is 3.81. The number of fused-ring (bicyclic) bond motifs is 1. The summed E-state index contributed by atoms with van der Waals surface area (Å²) < 4.78 is 7.56. The summed E-state index contributed by atoms with van der Waals surface area (Å²) in [4.78, 5) is 18.2. The SMILES string of the molecule is COc1ccccc1-n1c(CC(=O)Nc2c(C(C)C)cccc2C(C)C)nc2ccc(Cl)cc21. The zero-order chi connectivity index (χ0) is 24.4. The van der Waals surface area contributed by atoms with Gasteiger partial charge in [-0.2, -0.15) is 0 Å². The first-order chi connectivity index (χ1) is 16.3. The van der Waals surface area contributed by atoms with Crippen LogP contribution >= 0.6 is 11.6 Å². The van der Waals surface area contributed by atoms with Gasteiger partial charge in [-0.15, -0.1) is 0 Å². The van der Waals surface area contributed by atoms with Crippen LogP contribution in [0.3, 0.4) is 0 Å². The molecule has 0 bridgehead atoms. The third kappa shape index (κ3) is 4.66. The summed E-state index contributed by atoms with van der Waals surface area (Å²) in [6.45, 7) is 8.56. The maximum absolute atomic E-state index is 13.4. The Morgan fingerprint density at radius 2 is 1.68 bits per heavy atom. The van der Waals surface area contributed by atoms with Crippen molar-refractivity contribution in [2.45, 2.75) is 46.0 Å². The van der Waals surface area contributed by atoms with Crippen molar-refractivity contribution in [3.05, 3.63) is 82.6 Å². The lowest BCUT2D eigenvalue weighted by Gasteiger charge is -2.20. The van der Waals surface area contributed by atoms with Crippen LogP contribution in [0.5, 0.6) is 5.75 Å². The van der Waals surface area contributed by atoms with E-state index in [2.05, 4.69) is 51.2 Å². The Labute approximate surface area is 205 Å². The standard InChI is InChI=1S/C28H30ClN3O2/c1-17(2)20-9-8-10-21(18(3)4)28(20)31-27(33)16-26-30-22-14-13-19(29)15-24(22)32(26)23-11-6-7-12-25(23)34-5/h6-15,17-18H,16H2,1-5H3,(H,31,33). The van der Waals surface area contributed by atoms with Crippen molar-refractivity contribution in [3.63, 3.8) is 0 Å². The monoisotopic (exact) mass is 475 g/mol. The van der Waals surface area contributed by atoms with Crippen LogP contribution in [0.25, 0.3) is 16.7 Å². The lowest BCUT2D eigenvalue weighted by atomic mass is 9.92. The van der Waals surface area contributed by atoms with Crippen LogP contribution in [0.1, 0.15) is 56.5 Å². The minimum atomic E-state index is -0.118. The molecule has 1 heterocycles. The molecule has 0 aliphatic rings. The summed E-state index contributed by atoms with van der Waals surface area (Å²) in [6.07, 6.45) is 0.105. The molecule has 4 rings (SSSR count). The fraction of sp³-hybridized carbons (Fsp3) is 0.286. The number of hydrogen-bond donors (Lipinski definition) is 1. The normalized spacial score (nSPS) is 11.4. The van der Waals surface area contributed by atoms with Crippen LogP contribution < -0.4 is 10.1 Å². The van der Waals surface area contributed by atoms with Crippen molar-refractivity contribution in [3.8, 4) is 11.4 Å². The molecular weight excluding hydrogens is 446 g/mol. The molecule has 34 heavy (non-hydrogen) atoms. The van der Waals surface area contributed by atoms with Gasteiger partial charge in [0.05, 0.1) is 30.3 Å². The molecule has 1 amide bonds. The minimum absolute atomic E-state index is 0.105. The van der Waals surface area contributed by atoms with Gasteiger partial charge in [-0.25, -0.2) is 4.98 Å². The number of aromatic nitrogens is 2. The number of benzene rings is 3. The Hall–Kier alpha value is -3.31. The predicted molar refractivity (Wildman–Crippen MR) is 140 cm³/mol. The molecule has 1 aromatic heterocycles. The molecular formula is C28H30ClN3O2. The Kier molecular flexibility index (Phi) is 6.94. The summed E-state index contributed by atoms with van der Waals surface area (Å²) >= 11 is 6.32. The maximum Gasteiger partial charge on any atom is 0.232 e. The fourth-order valence-corrected chi connectivity index (χ4v) is 4.49. The molecule has 1 N–H and O–H groups in total. The summed E-state index contributed by atoms with van der Waals surface area (Å²) in [5.41, 5.74) is 5.56. The molecule has 5 nitrogen and oxygen atoms in total. The number of halogens is 1. The maximum atomic E-state index is 13.4. The summed E-state index contributed by atoms with van der Waals surface area (Å²) in [5.74, 6) is 1.76. The second kappa shape index (κ2) is 9.90. The lowest BCUT2D eigenvalue weighted by molar-refractivity contribution is -0.115. The van der Waals surface area contributed by atoms with Crippen LogP contribution in [-0.2, 0) is 11.2 Å². The average Bonchev–Trinajstić information content (AvgIpc) is 3.15. The topological polar surface area (TPSA) is 56.1 Å². The van der Waals surface area contributed by atoms with E-state index in [9.17, 15) is 4.79 Å². The largest absolute Gasteiger partial charge is 0.495 e. The number of anilines is 1.